The molecule has 0 radical (unpaired) electrons. The van der Waals surface area contributed by atoms with E-state index in [9.17, 15) is 4.79 Å². The van der Waals surface area contributed by atoms with E-state index >= 15 is 0 Å². The predicted octanol–water partition coefficient (Wildman–Crippen LogP) is 3.77. The first kappa shape index (κ1) is 22.3. The van der Waals surface area contributed by atoms with Crippen molar-refractivity contribution >= 4 is 28.9 Å². The lowest BCUT2D eigenvalue weighted by molar-refractivity contribution is 0.0977. The second kappa shape index (κ2) is 9.61. The first-order valence-electron chi connectivity index (χ1n) is 9.74. The van der Waals surface area contributed by atoms with E-state index in [0.717, 1.165) is 17.8 Å². The molecule has 0 aliphatic rings. The van der Waals surface area contributed by atoms with Gasteiger partial charge >= 0.3 is 0 Å². The maximum atomic E-state index is 12.5. The van der Waals surface area contributed by atoms with Crippen LogP contribution >= 0.6 is 12.2 Å². The molecule has 1 aromatic heterocycles. The Labute approximate surface area is 187 Å². The molecule has 0 aliphatic carbocycles. The smallest absolute Gasteiger partial charge is 0.257 e. The molecule has 0 aliphatic heterocycles. The van der Waals surface area contributed by atoms with E-state index in [-0.39, 0.29) is 11.0 Å². The molecule has 2 N–H and O–H groups in total. The maximum absolute atomic E-state index is 12.5. The molecule has 8 heteroatoms. The Bertz CT molecular complexity index is 1110. The van der Waals surface area contributed by atoms with Crippen LogP contribution in [-0.2, 0) is 13.5 Å². The number of nitrogens with one attached hydrogen (secondary N) is 2. The van der Waals surface area contributed by atoms with Gasteiger partial charge in [-0.2, -0.15) is 5.10 Å². The maximum Gasteiger partial charge on any atom is 0.257 e. The van der Waals surface area contributed by atoms with E-state index in [4.69, 9.17) is 21.7 Å². The van der Waals surface area contributed by atoms with Crippen LogP contribution in [0, 0.1) is 13.8 Å². The Morgan fingerprint density at radius 3 is 2.32 bits per heavy atom. The summed E-state index contributed by atoms with van der Waals surface area (Å²) in [4.78, 5) is 12.5. The Morgan fingerprint density at radius 1 is 1.06 bits per heavy atom. The van der Waals surface area contributed by atoms with Crippen LogP contribution in [-0.4, -0.2) is 35.0 Å². The van der Waals surface area contributed by atoms with Crippen molar-refractivity contribution in [3.05, 3.63) is 70.5 Å². The summed E-state index contributed by atoms with van der Waals surface area (Å²) in [6, 6.07) is 12.9. The molecule has 3 rings (SSSR count). The van der Waals surface area contributed by atoms with Gasteiger partial charge in [-0.3, -0.25) is 14.8 Å². The summed E-state index contributed by atoms with van der Waals surface area (Å²) in [7, 11) is 5.02. The van der Waals surface area contributed by atoms with Gasteiger partial charge < -0.3 is 14.8 Å². The van der Waals surface area contributed by atoms with Crippen molar-refractivity contribution in [1.82, 2.24) is 15.1 Å². The van der Waals surface area contributed by atoms with E-state index in [0.29, 0.717) is 17.1 Å². The summed E-state index contributed by atoms with van der Waals surface area (Å²) in [5, 5.41) is 10.4. The fraction of sp³-hybridized carbons (Fsp3) is 0.261. The first-order valence-corrected chi connectivity index (χ1v) is 10.2. The number of aromatic nitrogens is 2. The number of amides is 1. The van der Waals surface area contributed by atoms with E-state index < -0.39 is 0 Å². The molecular formula is C23H26N4O3S. The number of hydrogen-bond donors (Lipinski definition) is 2. The minimum atomic E-state index is -0.336. The van der Waals surface area contributed by atoms with Crippen LogP contribution in [0.25, 0.3) is 0 Å². The van der Waals surface area contributed by atoms with E-state index in [2.05, 4.69) is 22.7 Å². The summed E-state index contributed by atoms with van der Waals surface area (Å²) in [5.41, 5.74) is 5.83. The molecule has 0 unspecified atom stereocenters. The summed E-state index contributed by atoms with van der Waals surface area (Å²) < 4.78 is 12.3. The van der Waals surface area contributed by atoms with E-state index in [1.807, 2.05) is 42.9 Å². The van der Waals surface area contributed by atoms with E-state index in [1.165, 1.54) is 23.9 Å². The first-order chi connectivity index (χ1) is 14.8. The van der Waals surface area contributed by atoms with Crippen LogP contribution < -0.4 is 20.1 Å². The van der Waals surface area contributed by atoms with Gasteiger partial charge in [-0.05, 0) is 62.0 Å². The Balaban J connectivity index is 1.61. The monoisotopic (exact) mass is 438 g/mol. The summed E-state index contributed by atoms with van der Waals surface area (Å²) in [5.74, 6) is 0.692. The number of anilines is 1. The van der Waals surface area contributed by atoms with Crippen molar-refractivity contribution in [2.75, 3.05) is 19.5 Å². The van der Waals surface area contributed by atoms with Crippen LogP contribution in [0.1, 0.15) is 32.9 Å². The van der Waals surface area contributed by atoms with Gasteiger partial charge in [0.2, 0.25) is 0 Å². The largest absolute Gasteiger partial charge is 0.493 e. The minimum absolute atomic E-state index is 0.214. The SMILES string of the molecule is COc1ccc(C(=O)NC(=S)Nc2ccc(Cc3c(C)nn(C)c3C)cc2)cc1OC. The normalized spacial score (nSPS) is 10.5. The lowest BCUT2D eigenvalue weighted by Gasteiger charge is -2.12. The summed E-state index contributed by atoms with van der Waals surface area (Å²) >= 11 is 5.29. The number of carbonyl (C=O) groups excluding carboxylic acids is 1. The zero-order valence-corrected chi connectivity index (χ0v) is 19.1. The number of ether oxygens (including phenoxy) is 2. The zero-order chi connectivity index (χ0) is 22.5. The molecule has 31 heavy (non-hydrogen) atoms. The fourth-order valence-electron chi connectivity index (χ4n) is 3.30. The number of thiocarbonyl (C=S) groups is 1. The van der Waals surface area contributed by atoms with Gasteiger partial charge in [0.25, 0.3) is 5.91 Å². The second-order valence-corrected chi connectivity index (χ2v) is 7.53. The number of carbonyl (C=O) groups is 1. The quantitative estimate of drug-likeness (QED) is 0.571. The predicted molar refractivity (Wildman–Crippen MR) is 125 cm³/mol. The molecule has 2 aromatic carbocycles. The van der Waals surface area contributed by atoms with Gasteiger partial charge in [0.1, 0.15) is 0 Å². The molecule has 0 saturated carbocycles. The standard InChI is InChI=1S/C23H26N4O3S/c1-14-19(15(2)27(3)26-14)12-16-6-9-18(10-7-16)24-23(31)25-22(28)17-8-11-20(29-4)21(13-17)30-5/h6-11,13H,12H2,1-5H3,(H2,24,25,28,31). The third kappa shape index (κ3) is 5.21. The van der Waals surface area contributed by atoms with Gasteiger partial charge in [0.15, 0.2) is 16.6 Å². The van der Waals surface area contributed by atoms with Crippen LogP contribution in [0.2, 0.25) is 0 Å². The number of methoxy groups -OCH3 is 2. The van der Waals surface area contributed by atoms with Crippen molar-refractivity contribution in [3.63, 3.8) is 0 Å². The van der Waals surface area contributed by atoms with Crippen molar-refractivity contribution in [1.29, 1.82) is 0 Å². The number of benzene rings is 2. The lowest BCUT2D eigenvalue weighted by Crippen LogP contribution is -2.34. The molecule has 1 heterocycles. The van der Waals surface area contributed by atoms with Crippen LogP contribution in [0.4, 0.5) is 5.69 Å². The number of hydrogen-bond acceptors (Lipinski definition) is 5. The third-order valence-corrected chi connectivity index (χ3v) is 5.33. The molecule has 0 saturated heterocycles. The fourth-order valence-corrected chi connectivity index (χ4v) is 3.51. The molecule has 0 bridgehead atoms. The molecular weight excluding hydrogens is 412 g/mol. The molecule has 0 spiro atoms. The number of nitrogens with zero attached hydrogens (tertiary/aromatic N) is 2. The molecule has 1 amide bonds. The average molecular weight is 439 g/mol. The second-order valence-electron chi connectivity index (χ2n) is 7.12. The van der Waals surface area contributed by atoms with Gasteiger partial charge in [0.05, 0.1) is 19.9 Å². The highest BCUT2D eigenvalue weighted by molar-refractivity contribution is 7.80. The third-order valence-electron chi connectivity index (χ3n) is 5.12. The highest BCUT2D eigenvalue weighted by Crippen LogP contribution is 2.27. The van der Waals surface area contributed by atoms with Crippen molar-refractivity contribution < 1.29 is 14.3 Å². The molecule has 7 nitrogen and oxygen atoms in total. The zero-order valence-electron chi connectivity index (χ0n) is 18.3. The van der Waals surface area contributed by atoms with Crippen molar-refractivity contribution in [2.24, 2.45) is 7.05 Å². The van der Waals surface area contributed by atoms with Gasteiger partial charge in [-0.1, -0.05) is 12.1 Å². The van der Waals surface area contributed by atoms with Crippen molar-refractivity contribution in [3.8, 4) is 11.5 Å². The van der Waals surface area contributed by atoms with Gasteiger partial charge in [-0.25, -0.2) is 0 Å². The lowest BCUT2D eigenvalue weighted by atomic mass is 10.0. The Hall–Kier alpha value is -3.39. The van der Waals surface area contributed by atoms with Gasteiger partial charge in [-0.15, -0.1) is 0 Å². The molecule has 0 fully saturated rings. The summed E-state index contributed by atoms with van der Waals surface area (Å²) in [6.45, 7) is 4.10. The minimum Gasteiger partial charge on any atom is -0.493 e. The van der Waals surface area contributed by atoms with E-state index in [1.54, 1.807) is 25.3 Å². The average Bonchev–Trinajstić information content (AvgIpc) is 3.00. The number of rotatable bonds is 6. The Kier molecular flexibility index (Phi) is 6.91. The highest BCUT2D eigenvalue weighted by Gasteiger charge is 2.13. The Morgan fingerprint density at radius 2 is 1.74 bits per heavy atom. The molecule has 3 aromatic rings. The van der Waals surface area contributed by atoms with Crippen LogP contribution in [0.15, 0.2) is 42.5 Å². The highest BCUT2D eigenvalue weighted by atomic mass is 32.1. The van der Waals surface area contributed by atoms with Crippen LogP contribution in [0.5, 0.6) is 11.5 Å². The topological polar surface area (TPSA) is 77.4 Å². The van der Waals surface area contributed by atoms with Crippen molar-refractivity contribution in [2.45, 2.75) is 20.3 Å². The number of aryl methyl sites for hydroxylation is 2. The van der Waals surface area contributed by atoms with Gasteiger partial charge in [0, 0.05) is 36.0 Å². The molecule has 162 valence electrons. The van der Waals surface area contributed by atoms with Crippen LogP contribution in [0.3, 0.4) is 0 Å². The summed E-state index contributed by atoms with van der Waals surface area (Å²) in [6.07, 6.45) is 0.812. The molecule has 0 atom stereocenters.